The van der Waals surface area contributed by atoms with Gasteiger partial charge in [-0.25, -0.2) is 4.79 Å². The van der Waals surface area contributed by atoms with Crippen molar-refractivity contribution in [2.75, 3.05) is 6.61 Å². The Morgan fingerprint density at radius 1 is 1.54 bits per heavy atom. The minimum Gasteiger partial charge on any atom is -0.476 e. The SMILES string of the molecule is O=C(O)c1ccn(CCCCO)n1. The number of carboxylic acid groups (broad SMARTS) is 1. The van der Waals surface area contributed by atoms with Gasteiger partial charge < -0.3 is 10.2 Å². The highest BCUT2D eigenvalue weighted by atomic mass is 16.4. The zero-order valence-electron chi connectivity index (χ0n) is 7.18. The number of hydrogen-bond acceptors (Lipinski definition) is 3. The predicted molar refractivity (Wildman–Crippen MR) is 45.5 cm³/mol. The van der Waals surface area contributed by atoms with Gasteiger partial charge >= 0.3 is 5.97 Å². The van der Waals surface area contributed by atoms with E-state index >= 15 is 0 Å². The van der Waals surface area contributed by atoms with Gasteiger partial charge in [-0.15, -0.1) is 0 Å². The Labute approximate surface area is 75.6 Å². The molecule has 1 heterocycles. The zero-order valence-corrected chi connectivity index (χ0v) is 7.18. The first-order valence-electron chi connectivity index (χ1n) is 4.11. The summed E-state index contributed by atoms with van der Waals surface area (Å²) in [7, 11) is 0. The summed E-state index contributed by atoms with van der Waals surface area (Å²) in [5, 5.41) is 20.9. The lowest BCUT2D eigenvalue weighted by atomic mass is 10.3. The van der Waals surface area contributed by atoms with E-state index in [2.05, 4.69) is 5.10 Å². The van der Waals surface area contributed by atoms with Crippen LogP contribution in [0.4, 0.5) is 0 Å². The largest absolute Gasteiger partial charge is 0.476 e. The standard InChI is InChI=1S/C8H12N2O3/c11-6-2-1-4-10-5-3-7(9-10)8(12)13/h3,5,11H,1-2,4,6H2,(H,12,13). The summed E-state index contributed by atoms with van der Waals surface area (Å²) in [6.07, 6.45) is 3.14. The Balaban J connectivity index is 2.44. The number of aliphatic hydroxyl groups excluding tert-OH is 1. The monoisotopic (exact) mass is 184 g/mol. The third kappa shape index (κ3) is 2.87. The van der Waals surface area contributed by atoms with Crippen LogP contribution in [0, 0.1) is 0 Å². The van der Waals surface area contributed by atoms with Crippen molar-refractivity contribution in [2.45, 2.75) is 19.4 Å². The number of aromatic nitrogens is 2. The Morgan fingerprint density at radius 2 is 2.31 bits per heavy atom. The van der Waals surface area contributed by atoms with E-state index in [1.165, 1.54) is 6.07 Å². The normalized spacial score (nSPS) is 10.2. The van der Waals surface area contributed by atoms with E-state index in [4.69, 9.17) is 10.2 Å². The van der Waals surface area contributed by atoms with Gasteiger partial charge in [-0.2, -0.15) is 5.10 Å². The number of carbonyl (C=O) groups is 1. The number of aliphatic hydroxyl groups is 1. The second-order valence-electron chi connectivity index (χ2n) is 2.70. The molecule has 0 bridgehead atoms. The summed E-state index contributed by atoms with van der Waals surface area (Å²) in [4.78, 5) is 10.4. The third-order valence-corrected chi connectivity index (χ3v) is 1.66. The molecule has 0 unspecified atom stereocenters. The highest BCUT2D eigenvalue weighted by Gasteiger charge is 2.05. The molecule has 0 fully saturated rings. The summed E-state index contributed by atoms with van der Waals surface area (Å²) in [5.74, 6) is -1.01. The lowest BCUT2D eigenvalue weighted by Gasteiger charge is -1.98. The molecule has 0 aliphatic rings. The van der Waals surface area contributed by atoms with Crippen LogP contribution in [0.3, 0.4) is 0 Å². The molecule has 2 N–H and O–H groups in total. The van der Waals surface area contributed by atoms with E-state index in [0.29, 0.717) is 13.0 Å². The minimum atomic E-state index is -1.01. The third-order valence-electron chi connectivity index (χ3n) is 1.66. The average molecular weight is 184 g/mol. The molecule has 0 aliphatic carbocycles. The number of carboxylic acids is 1. The smallest absolute Gasteiger partial charge is 0.356 e. The first-order chi connectivity index (χ1) is 6.24. The van der Waals surface area contributed by atoms with Crippen molar-refractivity contribution >= 4 is 5.97 Å². The van der Waals surface area contributed by atoms with Crippen LogP contribution in [0.2, 0.25) is 0 Å². The number of aromatic carboxylic acids is 1. The van der Waals surface area contributed by atoms with Gasteiger partial charge in [-0.3, -0.25) is 4.68 Å². The maximum absolute atomic E-state index is 10.4. The molecule has 0 aliphatic heterocycles. The van der Waals surface area contributed by atoms with Crippen molar-refractivity contribution < 1.29 is 15.0 Å². The van der Waals surface area contributed by atoms with Crippen molar-refractivity contribution in [3.05, 3.63) is 18.0 Å². The Kier molecular flexibility index (Phi) is 3.45. The molecule has 72 valence electrons. The first kappa shape index (κ1) is 9.73. The Morgan fingerprint density at radius 3 is 2.85 bits per heavy atom. The number of aryl methyl sites for hydroxylation is 1. The topological polar surface area (TPSA) is 75.3 Å². The van der Waals surface area contributed by atoms with Crippen molar-refractivity contribution in [1.29, 1.82) is 0 Å². The molecule has 0 saturated carbocycles. The van der Waals surface area contributed by atoms with Crippen LogP contribution < -0.4 is 0 Å². The molecule has 0 atom stereocenters. The maximum Gasteiger partial charge on any atom is 0.356 e. The summed E-state index contributed by atoms with van der Waals surface area (Å²) in [5.41, 5.74) is 0.0593. The van der Waals surface area contributed by atoms with Gasteiger partial charge in [-0.05, 0) is 18.9 Å². The van der Waals surface area contributed by atoms with Crippen molar-refractivity contribution in [1.82, 2.24) is 9.78 Å². The van der Waals surface area contributed by atoms with Crippen LogP contribution in [0.5, 0.6) is 0 Å². The van der Waals surface area contributed by atoms with E-state index < -0.39 is 5.97 Å². The van der Waals surface area contributed by atoms with Crippen molar-refractivity contribution in [2.24, 2.45) is 0 Å². The summed E-state index contributed by atoms with van der Waals surface area (Å²) in [6.45, 7) is 0.806. The van der Waals surface area contributed by atoms with Crippen molar-refractivity contribution in [3.63, 3.8) is 0 Å². The number of nitrogens with zero attached hydrogens (tertiary/aromatic N) is 2. The molecule has 0 saturated heterocycles. The number of hydrogen-bond donors (Lipinski definition) is 2. The quantitative estimate of drug-likeness (QED) is 0.647. The Hall–Kier alpha value is -1.36. The minimum absolute atomic E-state index is 0.0593. The zero-order chi connectivity index (χ0) is 9.68. The van der Waals surface area contributed by atoms with E-state index in [1.54, 1.807) is 10.9 Å². The summed E-state index contributed by atoms with van der Waals surface area (Å²) < 4.78 is 1.57. The van der Waals surface area contributed by atoms with Gasteiger partial charge in [0.1, 0.15) is 0 Å². The average Bonchev–Trinajstić information content (AvgIpc) is 2.53. The van der Waals surface area contributed by atoms with Gasteiger partial charge in [0.2, 0.25) is 0 Å². The number of rotatable bonds is 5. The lowest BCUT2D eigenvalue weighted by Crippen LogP contribution is -2.03. The fraction of sp³-hybridized carbons (Fsp3) is 0.500. The molecule has 13 heavy (non-hydrogen) atoms. The Bertz CT molecular complexity index is 283. The predicted octanol–water partition coefficient (Wildman–Crippen LogP) is 0.354. The van der Waals surface area contributed by atoms with Gasteiger partial charge in [-0.1, -0.05) is 0 Å². The second kappa shape index (κ2) is 4.61. The van der Waals surface area contributed by atoms with Crippen LogP contribution in [0.25, 0.3) is 0 Å². The molecule has 1 rings (SSSR count). The molecular formula is C8H12N2O3. The fourth-order valence-corrected chi connectivity index (χ4v) is 0.986. The molecule has 1 aromatic heterocycles. The molecular weight excluding hydrogens is 172 g/mol. The highest BCUT2D eigenvalue weighted by molar-refractivity contribution is 5.84. The first-order valence-corrected chi connectivity index (χ1v) is 4.11. The number of unbranched alkanes of at least 4 members (excludes halogenated alkanes) is 1. The van der Waals surface area contributed by atoms with Crippen LogP contribution in [0.1, 0.15) is 23.3 Å². The van der Waals surface area contributed by atoms with Gasteiger partial charge in [0.05, 0.1) is 0 Å². The van der Waals surface area contributed by atoms with Crippen LogP contribution in [0.15, 0.2) is 12.3 Å². The molecule has 0 radical (unpaired) electrons. The van der Waals surface area contributed by atoms with Gasteiger partial charge in [0.15, 0.2) is 5.69 Å². The highest BCUT2D eigenvalue weighted by Crippen LogP contribution is 1.98. The van der Waals surface area contributed by atoms with Crippen LogP contribution in [-0.2, 0) is 6.54 Å². The lowest BCUT2D eigenvalue weighted by molar-refractivity contribution is 0.0689. The van der Waals surface area contributed by atoms with Crippen LogP contribution >= 0.6 is 0 Å². The second-order valence-corrected chi connectivity index (χ2v) is 2.70. The van der Waals surface area contributed by atoms with Gasteiger partial charge in [0, 0.05) is 19.3 Å². The summed E-state index contributed by atoms with van der Waals surface area (Å²) >= 11 is 0. The van der Waals surface area contributed by atoms with E-state index in [9.17, 15) is 4.79 Å². The van der Waals surface area contributed by atoms with E-state index in [-0.39, 0.29) is 12.3 Å². The molecule has 0 amide bonds. The fourth-order valence-electron chi connectivity index (χ4n) is 0.986. The maximum atomic E-state index is 10.4. The van der Waals surface area contributed by atoms with Crippen molar-refractivity contribution in [3.8, 4) is 0 Å². The molecule has 0 spiro atoms. The molecule has 0 aromatic carbocycles. The van der Waals surface area contributed by atoms with Gasteiger partial charge in [0.25, 0.3) is 0 Å². The molecule has 5 heteroatoms. The molecule has 5 nitrogen and oxygen atoms in total. The van der Waals surface area contributed by atoms with E-state index in [0.717, 1.165) is 6.42 Å². The molecule has 1 aromatic rings. The van der Waals surface area contributed by atoms with Crippen LogP contribution in [-0.4, -0.2) is 32.6 Å². The van der Waals surface area contributed by atoms with E-state index in [1.807, 2.05) is 0 Å². The summed E-state index contributed by atoms with van der Waals surface area (Å²) in [6, 6.07) is 1.46.